The van der Waals surface area contributed by atoms with Crippen molar-refractivity contribution in [1.29, 1.82) is 0 Å². The van der Waals surface area contributed by atoms with Crippen molar-refractivity contribution in [3.05, 3.63) is 64.2 Å². The maximum atomic E-state index is 11.2. The normalized spacial score (nSPS) is 17.2. The van der Waals surface area contributed by atoms with Crippen molar-refractivity contribution in [2.75, 3.05) is 0 Å². The minimum atomic E-state index is -1.24. The van der Waals surface area contributed by atoms with Crippen LogP contribution in [0.15, 0.2) is 42.5 Å². The van der Waals surface area contributed by atoms with Crippen LogP contribution in [0.4, 0.5) is 0 Å². The van der Waals surface area contributed by atoms with E-state index in [1.807, 2.05) is 30.3 Å². The van der Waals surface area contributed by atoms with E-state index in [1.165, 1.54) is 16.7 Å². The molecule has 0 spiro atoms. The second-order valence-electron chi connectivity index (χ2n) is 6.77. The fourth-order valence-electron chi connectivity index (χ4n) is 3.22. The highest BCUT2D eigenvalue weighted by atomic mass is 35.5. The van der Waals surface area contributed by atoms with Crippen molar-refractivity contribution in [2.24, 2.45) is 0 Å². The van der Waals surface area contributed by atoms with Crippen LogP contribution in [-0.2, 0) is 11.2 Å². The number of halogens is 1. The molecule has 24 heavy (non-hydrogen) atoms. The van der Waals surface area contributed by atoms with Gasteiger partial charge < -0.3 is 9.84 Å². The molecule has 0 bridgehead atoms. The molecule has 0 aliphatic heterocycles. The maximum absolute atomic E-state index is 11.2. The van der Waals surface area contributed by atoms with Crippen molar-refractivity contribution in [1.82, 2.24) is 0 Å². The van der Waals surface area contributed by atoms with Gasteiger partial charge in [-0.1, -0.05) is 29.8 Å². The monoisotopic (exact) mass is 344 g/mol. The predicted molar refractivity (Wildman–Crippen MR) is 95.0 cm³/mol. The number of carboxylic acids is 1. The van der Waals surface area contributed by atoms with Gasteiger partial charge in [0.25, 0.3) is 0 Å². The molecule has 3 rings (SSSR count). The minimum Gasteiger partial charge on any atom is -0.478 e. The Morgan fingerprint density at radius 1 is 1.21 bits per heavy atom. The van der Waals surface area contributed by atoms with Crippen molar-refractivity contribution in [3.8, 4) is 5.75 Å². The molecule has 0 fully saturated rings. The number of fused-ring (bicyclic) bond motifs is 1. The fourth-order valence-corrected chi connectivity index (χ4v) is 3.40. The van der Waals surface area contributed by atoms with Gasteiger partial charge in [0.15, 0.2) is 5.60 Å². The van der Waals surface area contributed by atoms with Gasteiger partial charge in [-0.15, -0.1) is 0 Å². The first-order valence-electron chi connectivity index (χ1n) is 8.17. The Kier molecular flexibility index (Phi) is 4.55. The highest BCUT2D eigenvalue weighted by Crippen LogP contribution is 2.38. The van der Waals surface area contributed by atoms with Crippen LogP contribution >= 0.6 is 11.6 Å². The summed E-state index contributed by atoms with van der Waals surface area (Å²) in [6.07, 6.45) is 3.34. The van der Waals surface area contributed by atoms with Gasteiger partial charge in [0.2, 0.25) is 0 Å². The molecular formula is C20H21ClO3. The average Bonchev–Trinajstić information content (AvgIpc) is 2.54. The summed E-state index contributed by atoms with van der Waals surface area (Å²) >= 11 is 6.18. The summed E-state index contributed by atoms with van der Waals surface area (Å²) in [5.74, 6) is -0.0929. The quantitative estimate of drug-likeness (QED) is 0.844. The van der Waals surface area contributed by atoms with Gasteiger partial charge >= 0.3 is 5.97 Å². The van der Waals surface area contributed by atoms with Crippen LogP contribution in [0.25, 0.3) is 0 Å². The lowest BCUT2D eigenvalue weighted by Gasteiger charge is -2.27. The number of carbonyl (C=O) groups is 1. The summed E-state index contributed by atoms with van der Waals surface area (Å²) in [6, 6.07) is 13.9. The van der Waals surface area contributed by atoms with E-state index in [2.05, 4.69) is 12.1 Å². The summed E-state index contributed by atoms with van der Waals surface area (Å²) in [5.41, 5.74) is 2.63. The summed E-state index contributed by atoms with van der Waals surface area (Å²) < 4.78 is 5.57. The molecule has 1 atom stereocenters. The van der Waals surface area contributed by atoms with Gasteiger partial charge in [-0.3, -0.25) is 0 Å². The molecule has 1 aliphatic carbocycles. The third-order valence-electron chi connectivity index (χ3n) is 4.59. The van der Waals surface area contributed by atoms with E-state index >= 15 is 0 Å². The van der Waals surface area contributed by atoms with Gasteiger partial charge in [-0.25, -0.2) is 4.79 Å². The molecule has 2 aromatic carbocycles. The predicted octanol–water partition coefficient (Wildman–Crippen LogP) is 5.05. The number of aliphatic carboxylic acids is 1. The molecular weight excluding hydrogens is 324 g/mol. The molecule has 1 unspecified atom stereocenters. The first-order chi connectivity index (χ1) is 11.4. The summed E-state index contributed by atoms with van der Waals surface area (Å²) in [7, 11) is 0. The van der Waals surface area contributed by atoms with Gasteiger partial charge in [-0.05, 0) is 74.1 Å². The van der Waals surface area contributed by atoms with E-state index in [4.69, 9.17) is 21.4 Å². The zero-order valence-electron chi connectivity index (χ0n) is 13.9. The van der Waals surface area contributed by atoms with E-state index in [0.717, 1.165) is 24.3 Å². The zero-order chi connectivity index (χ0) is 17.3. The minimum absolute atomic E-state index is 0.328. The van der Waals surface area contributed by atoms with Crippen molar-refractivity contribution in [3.63, 3.8) is 0 Å². The molecule has 0 saturated carbocycles. The molecule has 0 aromatic heterocycles. The van der Waals surface area contributed by atoms with Crippen LogP contribution < -0.4 is 4.74 Å². The number of carboxylic acid groups (broad SMARTS) is 1. The van der Waals surface area contributed by atoms with E-state index in [1.54, 1.807) is 13.8 Å². The molecule has 3 nitrogen and oxygen atoms in total. The average molecular weight is 345 g/mol. The number of rotatable bonds is 4. The van der Waals surface area contributed by atoms with Crippen LogP contribution in [0.3, 0.4) is 0 Å². The lowest BCUT2D eigenvalue weighted by molar-refractivity contribution is -0.152. The largest absolute Gasteiger partial charge is 0.478 e. The standard InChI is InChI=1S/C20H21ClO3/c1-20(2,19(22)23)24-16-10-7-14(8-11-16)17-5-3-4-13-6-9-15(21)12-18(13)17/h6-12,17H,3-5H2,1-2H3,(H,22,23). The molecule has 1 N–H and O–H groups in total. The number of hydrogen-bond donors (Lipinski definition) is 1. The Hall–Kier alpha value is -2.00. The zero-order valence-corrected chi connectivity index (χ0v) is 14.6. The summed E-state index contributed by atoms with van der Waals surface area (Å²) in [6.45, 7) is 3.09. The van der Waals surface area contributed by atoms with Gasteiger partial charge in [-0.2, -0.15) is 0 Å². The van der Waals surface area contributed by atoms with Crippen LogP contribution in [0.5, 0.6) is 5.75 Å². The molecule has 4 heteroatoms. The molecule has 2 aromatic rings. The van der Waals surface area contributed by atoms with Crippen LogP contribution in [-0.4, -0.2) is 16.7 Å². The van der Waals surface area contributed by atoms with Gasteiger partial charge in [0, 0.05) is 10.9 Å². The third kappa shape index (κ3) is 3.41. The number of aryl methyl sites for hydroxylation is 1. The Morgan fingerprint density at radius 2 is 1.92 bits per heavy atom. The van der Waals surface area contributed by atoms with Crippen LogP contribution in [0, 0.1) is 0 Å². The molecule has 1 aliphatic rings. The maximum Gasteiger partial charge on any atom is 0.347 e. The highest BCUT2D eigenvalue weighted by molar-refractivity contribution is 6.30. The SMILES string of the molecule is CC(C)(Oc1ccc(C2CCCc3ccc(Cl)cc32)cc1)C(=O)O. The van der Waals surface area contributed by atoms with Crippen LogP contribution in [0.1, 0.15) is 49.3 Å². The van der Waals surface area contributed by atoms with E-state index in [0.29, 0.717) is 11.7 Å². The molecule has 0 amide bonds. The smallest absolute Gasteiger partial charge is 0.347 e. The first-order valence-corrected chi connectivity index (χ1v) is 8.55. The number of hydrogen-bond acceptors (Lipinski definition) is 2. The Labute approximate surface area is 147 Å². The number of ether oxygens (including phenoxy) is 1. The number of benzene rings is 2. The van der Waals surface area contributed by atoms with E-state index in [9.17, 15) is 4.79 Å². The first kappa shape index (κ1) is 16.8. The Morgan fingerprint density at radius 3 is 2.58 bits per heavy atom. The summed E-state index contributed by atoms with van der Waals surface area (Å²) in [4.78, 5) is 11.2. The second kappa shape index (κ2) is 6.48. The lowest BCUT2D eigenvalue weighted by atomic mass is 9.79. The second-order valence-corrected chi connectivity index (χ2v) is 7.21. The topological polar surface area (TPSA) is 46.5 Å². The Balaban J connectivity index is 1.85. The van der Waals surface area contributed by atoms with Crippen molar-refractivity contribution in [2.45, 2.75) is 44.6 Å². The molecule has 0 radical (unpaired) electrons. The van der Waals surface area contributed by atoms with Crippen LogP contribution in [0.2, 0.25) is 5.02 Å². The Bertz CT molecular complexity index is 750. The summed E-state index contributed by atoms with van der Waals surface area (Å²) in [5, 5.41) is 9.93. The van der Waals surface area contributed by atoms with Gasteiger partial charge in [0.1, 0.15) is 5.75 Å². The van der Waals surface area contributed by atoms with Gasteiger partial charge in [0.05, 0.1) is 0 Å². The van der Waals surface area contributed by atoms with E-state index < -0.39 is 11.6 Å². The lowest BCUT2D eigenvalue weighted by Crippen LogP contribution is -2.37. The van der Waals surface area contributed by atoms with E-state index in [-0.39, 0.29) is 0 Å². The molecule has 0 saturated heterocycles. The fraction of sp³-hybridized carbons (Fsp3) is 0.350. The third-order valence-corrected chi connectivity index (χ3v) is 4.83. The highest BCUT2D eigenvalue weighted by Gasteiger charge is 2.29. The molecule has 126 valence electrons. The van der Waals surface area contributed by atoms with Crippen molar-refractivity contribution < 1.29 is 14.6 Å². The molecule has 0 heterocycles. The van der Waals surface area contributed by atoms with Crippen molar-refractivity contribution >= 4 is 17.6 Å².